The van der Waals surface area contributed by atoms with Gasteiger partial charge < -0.3 is 4.42 Å². The van der Waals surface area contributed by atoms with E-state index in [2.05, 4.69) is 36.2 Å². The summed E-state index contributed by atoms with van der Waals surface area (Å²) < 4.78 is 6.87. The molecule has 0 N–H and O–H groups in total. The Morgan fingerprint density at radius 2 is 1.94 bits per heavy atom. The fraction of sp³-hybridized carbons (Fsp3) is 0.200. The number of thiophene rings is 1. The number of carbonyl (C=O) groups excluding carboxylic acids is 1. The standard InChI is InChI=1S/C25H22N4O2S2/c1-16-12-17(2)23-20(13-16)26-25(33-23)29(14-18-6-4-3-5-7-18)22(30)9-8-21-27-28-24(31-21)19-10-11-32-15-19/h3-7,10-13,15H,8-9,14H2,1-2H3. The highest BCUT2D eigenvalue weighted by atomic mass is 32.1. The molecule has 0 unspecified atom stereocenters. The smallest absolute Gasteiger partial charge is 0.248 e. The summed E-state index contributed by atoms with van der Waals surface area (Å²) in [6.45, 7) is 4.61. The van der Waals surface area contributed by atoms with Crippen LogP contribution in [0.4, 0.5) is 5.13 Å². The SMILES string of the molecule is Cc1cc(C)c2sc(N(Cc3ccccc3)C(=O)CCc3nnc(-c4ccsc4)o3)nc2c1. The van der Waals surface area contributed by atoms with Crippen molar-refractivity contribution in [1.29, 1.82) is 0 Å². The van der Waals surface area contributed by atoms with Crippen molar-refractivity contribution < 1.29 is 9.21 Å². The van der Waals surface area contributed by atoms with Crippen LogP contribution in [0.3, 0.4) is 0 Å². The summed E-state index contributed by atoms with van der Waals surface area (Å²) in [6, 6.07) is 16.1. The molecule has 6 nitrogen and oxygen atoms in total. The van der Waals surface area contributed by atoms with Gasteiger partial charge in [0.05, 0.1) is 16.8 Å². The molecule has 1 amide bonds. The van der Waals surface area contributed by atoms with Gasteiger partial charge in [0.2, 0.25) is 17.7 Å². The summed E-state index contributed by atoms with van der Waals surface area (Å²) in [5.41, 5.74) is 5.21. The number of anilines is 1. The fourth-order valence-corrected chi connectivity index (χ4v) is 5.38. The number of aromatic nitrogens is 3. The third-order valence-electron chi connectivity index (χ3n) is 5.31. The number of nitrogens with zero attached hydrogens (tertiary/aromatic N) is 4. The van der Waals surface area contributed by atoms with E-state index in [0.29, 0.717) is 29.9 Å². The molecule has 0 radical (unpaired) electrons. The molecule has 166 valence electrons. The lowest BCUT2D eigenvalue weighted by atomic mass is 10.1. The van der Waals surface area contributed by atoms with E-state index in [9.17, 15) is 4.79 Å². The third-order valence-corrected chi connectivity index (χ3v) is 7.22. The van der Waals surface area contributed by atoms with Gasteiger partial charge in [-0.1, -0.05) is 47.7 Å². The summed E-state index contributed by atoms with van der Waals surface area (Å²) in [7, 11) is 0. The number of benzene rings is 2. The normalized spacial score (nSPS) is 11.2. The maximum absolute atomic E-state index is 13.4. The number of hydrogen-bond donors (Lipinski definition) is 0. The number of hydrogen-bond acceptors (Lipinski definition) is 7. The lowest BCUT2D eigenvalue weighted by molar-refractivity contribution is -0.118. The van der Waals surface area contributed by atoms with Gasteiger partial charge in [-0.15, -0.1) is 10.2 Å². The van der Waals surface area contributed by atoms with E-state index in [1.165, 1.54) is 5.56 Å². The van der Waals surface area contributed by atoms with Crippen molar-refractivity contribution in [2.24, 2.45) is 0 Å². The van der Waals surface area contributed by atoms with Crippen LogP contribution in [0.15, 0.2) is 63.7 Å². The summed E-state index contributed by atoms with van der Waals surface area (Å²) in [5.74, 6) is 0.916. The summed E-state index contributed by atoms with van der Waals surface area (Å²) in [5, 5.41) is 12.9. The van der Waals surface area contributed by atoms with Gasteiger partial charge in [0, 0.05) is 23.8 Å². The number of carbonyl (C=O) groups is 1. The van der Waals surface area contributed by atoms with Crippen molar-refractivity contribution in [2.75, 3.05) is 4.90 Å². The Bertz CT molecular complexity index is 1390. The van der Waals surface area contributed by atoms with Crippen LogP contribution < -0.4 is 4.90 Å². The first-order chi connectivity index (χ1) is 16.1. The molecule has 0 aliphatic rings. The Hall–Kier alpha value is -3.36. The first kappa shape index (κ1) is 21.5. The Kier molecular flexibility index (Phi) is 6.02. The zero-order valence-electron chi connectivity index (χ0n) is 18.3. The Labute approximate surface area is 199 Å². The van der Waals surface area contributed by atoms with Gasteiger partial charge >= 0.3 is 0 Å². The minimum atomic E-state index is -0.0254. The average molecular weight is 475 g/mol. The third kappa shape index (κ3) is 4.72. The van der Waals surface area contributed by atoms with Crippen LogP contribution in [0.25, 0.3) is 21.7 Å². The summed E-state index contributed by atoms with van der Waals surface area (Å²) >= 11 is 3.13. The minimum Gasteiger partial charge on any atom is -0.421 e. The van der Waals surface area contributed by atoms with Gasteiger partial charge in [0.15, 0.2) is 5.13 Å². The number of fused-ring (bicyclic) bond motifs is 1. The van der Waals surface area contributed by atoms with Crippen LogP contribution in [0.1, 0.15) is 29.0 Å². The van der Waals surface area contributed by atoms with Gasteiger partial charge in [-0.05, 0) is 48.1 Å². The lowest BCUT2D eigenvalue weighted by Gasteiger charge is -2.19. The highest BCUT2D eigenvalue weighted by molar-refractivity contribution is 7.22. The number of aryl methyl sites for hydroxylation is 3. The molecule has 2 aromatic carbocycles. The van der Waals surface area contributed by atoms with Crippen molar-refractivity contribution in [3.63, 3.8) is 0 Å². The molecule has 3 aromatic heterocycles. The van der Waals surface area contributed by atoms with E-state index < -0.39 is 0 Å². The van der Waals surface area contributed by atoms with Crippen LogP contribution in [-0.2, 0) is 17.8 Å². The molecule has 3 heterocycles. The molecular weight excluding hydrogens is 452 g/mol. The minimum absolute atomic E-state index is 0.0254. The van der Waals surface area contributed by atoms with Gasteiger partial charge in [0.25, 0.3) is 0 Å². The molecule has 0 saturated carbocycles. The van der Waals surface area contributed by atoms with E-state index in [1.54, 1.807) is 27.6 Å². The fourth-order valence-electron chi connectivity index (χ4n) is 3.72. The Balaban J connectivity index is 1.39. The highest BCUT2D eigenvalue weighted by Gasteiger charge is 2.22. The summed E-state index contributed by atoms with van der Waals surface area (Å²) in [6.07, 6.45) is 0.635. The molecule has 5 rings (SSSR count). The van der Waals surface area contributed by atoms with E-state index in [0.717, 1.165) is 26.9 Å². The van der Waals surface area contributed by atoms with Crippen LogP contribution in [0, 0.1) is 13.8 Å². The van der Waals surface area contributed by atoms with E-state index in [4.69, 9.17) is 9.40 Å². The van der Waals surface area contributed by atoms with Crippen LogP contribution >= 0.6 is 22.7 Å². The summed E-state index contributed by atoms with van der Waals surface area (Å²) in [4.78, 5) is 20.0. The van der Waals surface area contributed by atoms with E-state index >= 15 is 0 Å². The quantitative estimate of drug-likeness (QED) is 0.281. The second kappa shape index (κ2) is 9.25. The highest BCUT2D eigenvalue weighted by Crippen LogP contribution is 2.33. The maximum Gasteiger partial charge on any atom is 0.248 e. The molecule has 0 aliphatic heterocycles. The Morgan fingerprint density at radius 1 is 1.09 bits per heavy atom. The lowest BCUT2D eigenvalue weighted by Crippen LogP contribution is -2.30. The first-order valence-corrected chi connectivity index (χ1v) is 12.4. The van der Waals surface area contributed by atoms with Gasteiger partial charge in [-0.3, -0.25) is 9.69 Å². The predicted octanol–water partition coefficient (Wildman–Crippen LogP) is 6.19. The average Bonchev–Trinajstić information content (AvgIpc) is 3.57. The van der Waals surface area contributed by atoms with Crippen molar-refractivity contribution in [1.82, 2.24) is 15.2 Å². The van der Waals surface area contributed by atoms with Gasteiger partial charge in [-0.25, -0.2) is 4.98 Å². The molecule has 0 spiro atoms. The number of amides is 1. The molecule has 8 heteroatoms. The van der Waals surface area contributed by atoms with Gasteiger partial charge in [0.1, 0.15) is 0 Å². The maximum atomic E-state index is 13.4. The van der Waals surface area contributed by atoms with Crippen LogP contribution in [0.2, 0.25) is 0 Å². The topological polar surface area (TPSA) is 72.1 Å². The molecule has 0 bridgehead atoms. The van der Waals surface area contributed by atoms with Gasteiger partial charge in [-0.2, -0.15) is 11.3 Å². The van der Waals surface area contributed by atoms with Crippen molar-refractivity contribution in [3.05, 3.63) is 81.9 Å². The first-order valence-electron chi connectivity index (χ1n) is 10.6. The molecule has 0 fully saturated rings. The van der Waals surface area contributed by atoms with Crippen molar-refractivity contribution in [2.45, 2.75) is 33.2 Å². The second-order valence-electron chi connectivity index (χ2n) is 7.90. The molecule has 0 atom stereocenters. The van der Waals surface area contributed by atoms with Crippen molar-refractivity contribution >= 4 is 43.9 Å². The predicted molar refractivity (Wildman–Crippen MR) is 133 cm³/mol. The largest absolute Gasteiger partial charge is 0.421 e. The van der Waals surface area contributed by atoms with Crippen LogP contribution in [0.5, 0.6) is 0 Å². The zero-order valence-corrected chi connectivity index (χ0v) is 19.9. The van der Waals surface area contributed by atoms with Crippen molar-refractivity contribution in [3.8, 4) is 11.5 Å². The van der Waals surface area contributed by atoms with E-state index in [-0.39, 0.29) is 12.3 Å². The zero-order chi connectivity index (χ0) is 22.8. The molecule has 33 heavy (non-hydrogen) atoms. The molecule has 0 saturated heterocycles. The molecular formula is C25H22N4O2S2. The molecule has 5 aromatic rings. The monoisotopic (exact) mass is 474 g/mol. The Morgan fingerprint density at radius 3 is 2.73 bits per heavy atom. The molecule has 0 aliphatic carbocycles. The number of rotatable bonds is 7. The van der Waals surface area contributed by atoms with E-state index in [1.807, 2.05) is 47.2 Å². The number of thiazole rings is 1. The van der Waals surface area contributed by atoms with Crippen LogP contribution in [-0.4, -0.2) is 21.1 Å². The second-order valence-corrected chi connectivity index (χ2v) is 9.66.